The van der Waals surface area contributed by atoms with E-state index in [2.05, 4.69) is 48.5 Å². The van der Waals surface area contributed by atoms with Crippen molar-refractivity contribution >= 4 is 35.2 Å². The predicted molar refractivity (Wildman–Crippen MR) is 220 cm³/mol. The predicted octanol–water partition coefficient (Wildman–Crippen LogP) is 8.93. The number of rotatable bonds is 12. The van der Waals surface area contributed by atoms with Crippen molar-refractivity contribution in [3.05, 3.63) is 46.0 Å². The van der Waals surface area contributed by atoms with Gasteiger partial charge in [0, 0.05) is 30.6 Å². The number of ether oxygens (including phenoxy) is 2. The first-order chi connectivity index (χ1) is 26.5. The van der Waals surface area contributed by atoms with E-state index in [4.69, 9.17) is 21.1 Å². The second-order valence-corrected chi connectivity index (χ2v) is 21.2. The summed E-state index contributed by atoms with van der Waals surface area (Å²) in [5.41, 5.74) is 1.64. The summed E-state index contributed by atoms with van der Waals surface area (Å²) in [6.45, 7) is 19.6. The number of methoxy groups -OCH3 is 1. The molecule has 0 radical (unpaired) electrons. The maximum atomic E-state index is 14.7. The molecule has 9 nitrogen and oxygen atoms in total. The fourth-order valence-corrected chi connectivity index (χ4v) is 13.7. The molecule has 0 aliphatic heterocycles. The van der Waals surface area contributed by atoms with Crippen molar-refractivity contribution in [3.8, 4) is 0 Å². The number of Topliss-reactive ketones (excluding diaryl/α,β-unsaturated/α-hetero) is 1. The summed E-state index contributed by atoms with van der Waals surface area (Å²) in [4.78, 5) is 54.5. The molecule has 0 heterocycles. The van der Waals surface area contributed by atoms with Crippen LogP contribution < -0.4 is 0 Å². The van der Waals surface area contributed by atoms with Gasteiger partial charge in [-0.2, -0.15) is 0 Å². The van der Waals surface area contributed by atoms with E-state index in [0.29, 0.717) is 16.9 Å². The van der Waals surface area contributed by atoms with Crippen LogP contribution in [0.25, 0.3) is 0 Å². The highest BCUT2D eigenvalue weighted by Gasteiger charge is 2.69. The molecule has 2 N–H and O–H groups in total. The molecule has 0 spiro atoms. The summed E-state index contributed by atoms with van der Waals surface area (Å²) >= 11 is 6.14. The van der Waals surface area contributed by atoms with Crippen LogP contribution in [0.5, 0.6) is 0 Å². The van der Waals surface area contributed by atoms with Crippen LogP contribution in [0.4, 0.5) is 0 Å². The summed E-state index contributed by atoms with van der Waals surface area (Å²) in [6.07, 6.45) is 6.20. The van der Waals surface area contributed by atoms with Crippen LogP contribution in [0.2, 0.25) is 5.02 Å². The fraction of sp³-hybridized carbons (Fsp3) is 0.745. The normalized spacial score (nSPS) is 35.1. The van der Waals surface area contributed by atoms with Crippen molar-refractivity contribution in [3.63, 3.8) is 0 Å². The smallest absolute Gasteiger partial charge is 0.309 e. The first-order valence-electron chi connectivity index (χ1n) is 21.4. The highest BCUT2D eigenvalue weighted by Crippen LogP contribution is 2.76. The third kappa shape index (κ3) is 7.42. The van der Waals surface area contributed by atoms with Gasteiger partial charge in [0.1, 0.15) is 12.7 Å². The zero-order valence-corrected chi connectivity index (χ0v) is 36.8. The highest BCUT2D eigenvalue weighted by atomic mass is 35.5. The maximum Gasteiger partial charge on any atom is 0.309 e. The topological polar surface area (TPSA) is 130 Å². The Balaban J connectivity index is 1.24. The van der Waals surface area contributed by atoms with E-state index in [1.165, 1.54) is 12.7 Å². The van der Waals surface area contributed by atoms with Gasteiger partial charge in [0.05, 0.1) is 23.9 Å². The van der Waals surface area contributed by atoms with Gasteiger partial charge in [0.15, 0.2) is 5.78 Å². The van der Waals surface area contributed by atoms with Gasteiger partial charge in [-0.05, 0) is 134 Å². The lowest BCUT2D eigenvalue weighted by Gasteiger charge is -2.71. The van der Waals surface area contributed by atoms with Crippen LogP contribution >= 0.6 is 11.6 Å². The van der Waals surface area contributed by atoms with E-state index in [9.17, 15) is 29.4 Å². The second kappa shape index (κ2) is 15.7. The van der Waals surface area contributed by atoms with Gasteiger partial charge in [-0.25, -0.2) is 0 Å². The number of halogens is 1. The Morgan fingerprint density at radius 3 is 2.19 bits per heavy atom. The van der Waals surface area contributed by atoms with Crippen molar-refractivity contribution in [2.45, 2.75) is 139 Å². The fourth-order valence-electron chi connectivity index (χ4n) is 13.5. The molecule has 4 saturated carbocycles. The van der Waals surface area contributed by atoms with Crippen LogP contribution in [0.3, 0.4) is 0 Å². The van der Waals surface area contributed by atoms with Gasteiger partial charge in [-0.1, -0.05) is 77.8 Å². The highest BCUT2D eigenvalue weighted by molar-refractivity contribution is 6.30. The number of amides is 1. The molecule has 316 valence electrons. The molecule has 1 amide bonds. The van der Waals surface area contributed by atoms with Crippen molar-refractivity contribution in [1.82, 2.24) is 4.90 Å². The van der Waals surface area contributed by atoms with Gasteiger partial charge in [0.2, 0.25) is 5.91 Å². The van der Waals surface area contributed by atoms with Crippen LogP contribution in [-0.4, -0.2) is 71.2 Å². The Bertz CT molecular complexity index is 1770. The molecule has 6 rings (SSSR count). The van der Waals surface area contributed by atoms with Gasteiger partial charge in [-0.3, -0.25) is 19.2 Å². The number of aliphatic hydroxyl groups is 1. The Labute approximate surface area is 345 Å². The van der Waals surface area contributed by atoms with Crippen LogP contribution in [0.15, 0.2) is 35.4 Å². The van der Waals surface area contributed by atoms with Gasteiger partial charge < -0.3 is 24.6 Å². The van der Waals surface area contributed by atoms with Gasteiger partial charge >= 0.3 is 11.9 Å². The number of carboxylic acids is 1. The van der Waals surface area contributed by atoms with E-state index in [-0.39, 0.29) is 83.3 Å². The molecule has 10 heteroatoms. The number of fused-ring (bicyclic) bond motifs is 7. The number of nitrogens with zero attached hydrogens (tertiary/aromatic N) is 1. The third-order valence-corrected chi connectivity index (χ3v) is 16.9. The molecule has 5 aliphatic carbocycles. The second-order valence-electron chi connectivity index (χ2n) is 20.8. The number of ketones is 1. The number of carbonyl (C=O) groups is 4. The number of carbonyl (C=O) groups excluding carboxylic acids is 3. The summed E-state index contributed by atoms with van der Waals surface area (Å²) in [5.74, 6) is -1.22. The molecule has 0 saturated heterocycles. The standard InChI is InChI=1S/C47H68ClNO8/c1-27(2)38-39-30(40(41(38)53)32(50)25-49(36(51)26-56-10)24-28-11-13-29(48)14-12-28)17-21-46(8)31(39)15-16-34-45(7)20-19-35(57-37(52)23-43(3,4)42(54)55)44(5,6)33(45)18-22-47(34,46)9/h11-14,27,30-35,40,50H,15-26H2,1-10H3,(H,54,55)/t30?,31-,32+,33-,34-,35+,40-,45+,46-,47-/m1/s1. The number of hydrogen-bond acceptors (Lipinski definition) is 7. The number of aliphatic hydroxyl groups excluding tert-OH is 1. The molecule has 1 aromatic rings. The van der Waals surface area contributed by atoms with Crippen molar-refractivity contribution in [2.24, 2.45) is 62.6 Å². The largest absolute Gasteiger partial charge is 0.481 e. The minimum atomic E-state index is -1.18. The van der Waals surface area contributed by atoms with E-state index >= 15 is 0 Å². The molecule has 1 unspecified atom stereocenters. The van der Waals surface area contributed by atoms with Crippen molar-refractivity contribution in [1.29, 1.82) is 0 Å². The number of esters is 1. The molecule has 4 fully saturated rings. The van der Waals surface area contributed by atoms with Crippen LogP contribution in [-0.2, 0) is 35.2 Å². The van der Waals surface area contributed by atoms with Crippen LogP contribution in [0, 0.1) is 62.6 Å². The lowest BCUT2D eigenvalue weighted by molar-refractivity contribution is -0.232. The van der Waals surface area contributed by atoms with Gasteiger partial charge in [0.25, 0.3) is 0 Å². The third-order valence-electron chi connectivity index (χ3n) is 16.6. The van der Waals surface area contributed by atoms with Gasteiger partial charge in [-0.15, -0.1) is 0 Å². The zero-order valence-electron chi connectivity index (χ0n) is 36.1. The SMILES string of the molecule is COCC(=O)N(Cc1ccc(Cl)cc1)C[C@H](O)[C@@H]1C(=O)C(C(C)C)=C2C1CC[C@]1(C)[C@@H]2CC[C@@H]2[C@@]3(C)CC[C@H](OC(=O)CC(C)(C)C(=O)O)C(C)(C)[C@H]3CC[C@]21C. The zero-order chi connectivity index (χ0) is 42.0. The van der Waals surface area contributed by atoms with E-state index < -0.39 is 29.4 Å². The summed E-state index contributed by atoms with van der Waals surface area (Å²) in [5, 5.41) is 22.3. The minimum absolute atomic E-state index is 0.0217. The lowest BCUT2D eigenvalue weighted by Crippen LogP contribution is -2.65. The molecule has 0 bridgehead atoms. The number of benzene rings is 1. The summed E-state index contributed by atoms with van der Waals surface area (Å²) < 4.78 is 11.4. The summed E-state index contributed by atoms with van der Waals surface area (Å²) in [7, 11) is 1.48. The first kappa shape index (κ1) is 43.8. The van der Waals surface area contributed by atoms with Crippen molar-refractivity contribution in [2.75, 3.05) is 20.3 Å². The number of hydrogen-bond donors (Lipinski definition) is 2. The minimum Gasteiger partial charge on any atom is -0.481 e. The van der Waals surface area contributed by atoms with E-state index in [0.717, 1.165) is 62.5 Å². The monoisotopic (exact) mass is 809 g/mol. The molecular weight excluding hydrogens is 742 g/mol. The van der Waals surface area contributed by atoms with Crippen LogP contribution in [0.1, 0.15) is 126 Å². The molecular formula is C47H68ClNO8. The Morgan fingerprint density at radius 2 is 1.58 bits per heavy atom. The maximum absolute atomic E-state index is 14.7. The quantitative estimate of drug-likeness (QED) is 0.200. The molecule has 5 aliphatic rings. The average Bonchev–Trinajstić information content (AvgIpc) is 3.42. The van der Waals surface area contributed by atoms with E-state index in [1.807, 2.05) is 12.1 Å². The van der Waals surface area contributed by atoms with Crippen molar-refractivity contribution < 1.29 is 38.9 Å². The summed E-state index contributed by atoms with van der Waals surface area (Å²) in [6, 6.07) is 7.32. The lowest BCUT2D eigenvalue weighted by atomic mass is 9.33. The Hall–Kier alpha value is -2.75. The number of allylic oxidation sites excluding steroid dienone is 2. The Morgan fingerprint density at radius 1 is 0.930 bits per heavy atom. The molecule has 0 aromatic heterocycles. The molecule has 1 aromatic carbocycles. The number of carboxylic acid groups (broad SMARTS) is 1. The molecule has 10 atom stereocenters. The Kier molecular flexibility index (Phi) is 12.1. The molecule has 57 heavy (non-hydrogen) atoms. The van der Waals surface area contributed by atoms with E-state index in [1.54, 1.807) is 30.9 Å². The number of aliphatic carboxylic acids is 1. The first-order valence-corrected chi connectivity index (χ1v) is 21.8. The average molecular weight is 811 g/mol.